The van der Waals surface area contributed by atoms with E-state index in [1.807, 2.05) is 7.05 Å². The number of nitrogens with zero attached hydrogens (tertiary/aromatic N) is 1. The highest BCUT2D eigenvalue weighted by atomic mass is 32.2. The second kappa shape index (κ2) is 6.08. The van der Waals surface area contributed by atoms with Crippen LogP contribution in [0.15, 0.2) is 21.6 Å². The first-order chi connectivity index (χ1) is 10.0. The van der Waals surface area contributed by atoms with Crippen LogP contribution in [0.25, 0.3) is 0 Å². The van der Waals surface area contributed by atoms with E-state index in [-0.39, 0.29) is 11.1 Å². The summed E-state index contributed by atoms with van der Waals surface area (Å²) in [6.07, 6.45) is 4.55. The maximum absolute atomic E-state index is 12.2. The minimum absolute atomic E-state index is 0.00995. The lowest BCUT2D eigenvalue weighted by molar-refractivity contribution is 0.309. The number of likely N-dealkylation sites (tertiary alicyclic amines) is 1. The molecule has 1 aromatic rings. The molecule has 0 spiro atoms. The van der Waals surface area contributed by atoms with Gasteiger partial charge in [0.25, 0.3) is 10.0 Å². The molecule has 2 N–H and O–H groups in total. The van der Waals surface area contributed by atoms with Crippen molar-refractivity contribution >= 4 is 10.0 Å². The van der Waals surface area contributed by atoms with E-state index in [1.165, 1.54) is 18.9 Å². The summed E-state index contributed by atoms with van der Waals surface area (Å²) >= 11 is 0. The van der Waals surface area contributed by atoms with Crippen LogP contribution in [-0.4, -0.2) is 45.5 Å². The van der Waals surface area contributed by atoms with Crippen molar-refractivity contribution in [1.29, 1.82) is 0 Å². The molecule has 1 aromatic heterocycles. The number of rotatable bonds is 7. The molecule has 0 aromatic carbocycles. The largest absolute Gasteiger partial charge is 0.447 e. The number of likely N-dealkylation sites (N-methyl/N-ethyl adjacent to an activating group) is 1. The van der Waals surface area contributed by atoms with E-state index < -0.39 is 10.0 Å². The Balaban J connectivity index is 1.55. The van der Waals surface area contributed by atoms with Gasteiger partial charge >= 0.3 is 0 Å². The van der Waals surface area contributed by atoms with Crippen LogP contribution in [0.5, 0.6) is 0 Å². The Morgan fingerprint density at radius 2 is 2.14 bits per heavy atom. The first-order valence-electron chi connectivity index (χ1n) is 7.56. The molecule has 1 atom stereocenters. The molecule has 1 saturated carbocycles. The van der Waals surface area contributed by atoms with Crippen molar-refractivity contribution in [2.45, 2.75) is 49.4 Å². The molecule has 118 valence electrons. The fourth-order valence-corrected chi connectivity index (χ4v) is 3.66. The van der Waals surface area contributed by atoms with E-state index in [1.54, 1.807) is 6.07 Å². The fourth-order valence-electron chi connectivity index (χ4n) is 2.64. The molecule has 0 bridgehead atoms. The zero-order valence-corrected chi connectivity index (χ0v) is 13.2. The van der Waals surface area contributed by atoms with Crippen molar-refractivity contribution in [3.05, 3.63) is 17.9 Å². The lowest BCUT2D eigenvalue weighted by atomic mass is 10.2. The van der Waals surface area contributed by atoms with Gasteiger partial charge in [0.05, 0.1) is 6.54 Å². The van der Waals surface area contributed by atoms with Gasteiger partial charge < -0.3 is 14.6 Å². The third-order valence-corrected chi connectivity index (χ3v) is 5.52. The summed E-state index contributed by atoms with van der Waals surface area (Å²) in [5, 5.41) is 3.31. The van der Waals surface area contributed by atoms with Gasteiger partial charge in [-0.25, -0.2) is 13.1 Å². The lowest BCUT2D eigenvalue weighted by Gasteiger charge is -2.19. The Bertz CT molecular complexity index is 580. The maximum atomic E-state index is 12.2. The van der Waals surface area contributed by atoms with Crippen LogP contribution in [0.4, 0.5) is 0 Å². The zero-order chi connectivity index (χ0) is 14.9. The smallest absolute Gasteiger partial charge is 0.274 e. The SMILES string of the molecule is CN1CCCC1CNS(=O)(=O)c1ccc(CNC2CC2)o1. The number of sulfonamides is 1. The van der Waals surface area contributed by atoms with Crippen molar-refractivity contribution in [1.82, 2.24) is 14.9 Å². The Hall–Kier alpha value is -0.890. The maximum Gasteiger partial charge on any atom is 0.274 e. The van der Waals surface area contributed by atoms with E-state index in [9.17, 15) is 8.42 Å². The lowest BCUT2D eigenvalue weighted by Crippen LogP contribution is -2.38. The first-order valence-corrected chi connectivity index (χ1v) is 9.05. The molecule has 1 aliphatic carbocycles. The van der Waals surface area contributed by atoms with Crippen LogP contribution in [0.2, 0.25) is 0 Å². The van der Waals surface area contributed by atoms with Gasteiger partial charge in [-0.05, 0) is 51.4 Å². The van der Waals surface area contributed by atoms with Gasteiger partial charge in [0, 0.05) is 18.6 Å². The molecule has 3 rings (SSSR count). The van der Waals surface area contributed by atoms with Crippen molar-refractivity contribution in [3.8, 4) is 0 Å². The fraction of sp³-hybridized carbons (Fsp3) is 0.714. The van der Waals surface area contributed by atoms with Gasteiger partial charge in [-0.1, -0.05) is 0 Å². The second-order valence-corrected chi connectivity index (χ2v) is 7.70. The van der Waals surface area contributed by atoms with Gasteiger partial charge in [0.1, 0.15) is 5.76 Å². The predicted molar refractivity (Wildman–Crippen MR) is 79.4 cm³/mol. The number of hydrogen-bond donors (Lipinski definition) is 2. The number of furan rings is 1. The van der Waals surface area contributed by atoms with E-state index in [2.05, 4.69) is 14.9 Å². The van der Waals surface area contributed by atoms with Crippen LogP contribution < -0.4 is 10.0 Å². The van der Waals surface area contributed by atoms with Crippen LogP contribution >= 0.6 is 0 Å². The molecule has 2 fully saturated rings. The summed E-state index contributed by atoms with van der Waals surface area (Å²) in [5.41, 5.74) is 0. The Kier molecular flexibility index (Phi) is 4.35. The molecule has 21 heavy (non-hydrogen) atoms. The topological polar surface area (TPSA) is 74.6 Å². The standard InChI is InChI=1S/C14H23N3O3S/c1-17-8-2-3-12(17)9-16-21(18,19)14-7-6-13(20-14)10-15-11-4-5-11/h6-7,11-12,15-16H,2-5,8-10H2,1H3. The minimum atomic E-state index is -3.54. The molecule has 0 amide bonds. The third-order valence-electron chi connectivity index (χ3n) is 4.22. The monoisotopic (exact) mass is 313 g/mol. The van der Waals surface area contributed by atoms with Crippen molar-refractivity contribution in [2.24, 2.45) is 0 Å². The molecule has 2 heterocycles. The molecule has 1 saturated heterocycles. The summed E-state index contributed by atoms with van der Waals surface area (Å²) in [7, 11) is -1.52. The average Bonchev–Trinajstić information content (AvgIpc) is 2.98. The molecule has 1 aliphatic heterocycles. The Labute approximate surface area is 125 Å². The van der Waals surface area contributed by atoms with Crippen LogP contribution in [0.1, 0.15) is 31.4 Å². The third kappa shape index (κ3) is 3.85. The quantitative estimate of drug-likeness (QED) is 0.782. The summed E-state index contributed by atoms with van der Waals surface area (Å²) in [5.74, 6) is 0.667. The number of nitrogens with one attached hydrogen (secondary N) is 2. The molecule has 1 unspecified atom stereocenters. The summed E-state index contributed by atoms with van der Waals surface area (Å²) in [6, 6.07) is 4.12. The summed E-state index contributed by atoms with van der Waals surface area (Å²) in [4.78, 5) is 2.19. The normalized spacial score (nSPS) is 23.8. The van der Waals surface area contributed by atoms with E-state index >= 15 is 0 Å². The van der Waals surface area contributed by atoms with Gasteiger partial charge in [-0.3, -0.25) is 0 Å². The van der Waals surface area contributed by atoms with Crippen molar-refractivity contribution in [3.63, 3.8) is 0 Å². The van der Waals surface area contributed by atoms with Gasteiger partial charge in [-0.2, -0.15) is 0 Å². The summed E-state index contributed by atoms with van der Waals surface area (Å²) in [6.45, 7) is 2.06. The highest BCUT2D eigenvalue weighted by molar-refractivity contribution is 7.89. The molecular formula is C14H23N3O3S. The average molecular weight is 313 g/mol. The van der Waals surface area contributed by atoms with Gasteiger partial charge in [-0.15, -0.1) is 0 Å². The highest BCUT2D eigenvalue weighted by Crippen LogP contribution is 2.21. The molecule has 7 heteroatoms. The van der Waals surface area contributed by atoms with E-state index in [0.717, 1.165) is 19.4 Å². The molecule has 0 radical (unpaired) electrons. The molecule has 2 aliphatic rings. The van der Waals surface area contributed by atoms with Crippen molar-refractivity contribution < 1.29 is 12.8 Å². The first kappa shape index (κ1) is 15.0. The minimum Gasteiger partial charge on any atom is -0.447 e. The van der Waals surface area contributed by atoms with Gasteiger partial charge in [0.15, 0.2) is 0 Å². The second-order valence-electron chi connectivity index (χ2n) is 6.00. The summed E-state index contributed by atoms with van der Waals surface area (Å²) < 4.78 is 32.5. The van der Waals surface area contributed by atoms with Gasteiger partial charge in [0.2, 0.25) is 5.09 Å². The van der Waals surface area contributed by atoms with Crippen LogP contribution in [0, 0.1) is 0 Å². The predicted octanol–water partition coefficient (Wildman–Crippen LogP) is 0.904. The van der Waals surface area contributed by atoms with Crippen molar-refractivity contribution in [2.75, 3.05) is 20.1 Å². The molecular weight excluding hydrogens is 290 g/mol. The number of hydrogen-bond acceptors (Lipinski definition) is 5. The van der Waals surface area contributed by atoms with Crippen LogP contribution in [-0.2, 0) is 16.6 Å². The van der Waals surface area contributed by atoms with Crippen LogP contribution in [0.3, 0.4) is 0 Å². The van der Waals surface area contributed by atoms with E-state index in [4.69, 9.17) is 4.42 Å². The molecule has 6 nitrogen and oxygen atoms in total. The zero-order valence-electron chi connectivity index (χ0n) is 12.3. The Morgan fingerprint density at radius 1 is 1.33 bits per heavy atom. The van der Waals surface area contributed by atoms with E-state index in [0.29, 0.717) is 24.9 Å². The Morgan fingerprint density at radius 3 is 2.81 bits per heavy atom. The highest BCUT2D eigenvalue weighted by Gasteiger charge is 2.25.